The molecule has 3 rings (SSSR count). The van der Waals surface area contributed by atoms with E-state index in [0.717, 1.165) is 17.3 Å². The third-order valence-corrected chi connectivity index (χ3v) is 6.48. The topological polar surface area (TPSA) is 97.6 Å². The molecular weight excluding hydrogens is 424 g/mol. The minimum absolute atomic E-state index is 0.103. The molecule has 30 heavy (non-hydrogen) atoms. The molecule has 0 aliphatic carbocycles. The number of furan rings is 1. The van der Waals surface area contributed by atoms with Crippen LogP contribution in [-0.4, -0.2) is 33.7 Å². The van der Waals surface area contributed by atoms with Gasteiger partial charge in [0.05, 0.1) is 24.0 Å². The predicted molar refractivity (Wildman–Crippen MR) is 117 cm³/mol. The van der Waals surface area contributed by atoms with Gasteiger partial charge in [0, 0.05) is 23.5 Å². The number of ether oxygens (including phenoxy) is 1. The second-order valence-corrected chi connectivity index (χ2v) is 9.04. The molecule has 0 unspecified atom stereocenters. The van der Waals surface area contributed by atoms with Gasteiger partial charge in [-0.25, -0.2) is 8.42 Å². The van der Waals surface area contributed by atoms with Crippen molar-refractivity contribution in [2.75, 3.05) is 24.1 Å². The van der Waals surface area contributed by atoms with Gasteiger partial charge in [0.25, 0.3) is 15.9 Å². The molecule has 7 nitrogen and oxygen atoms in total. The maximum atomic E-state index is 12.6. The summed E-state index contributed by atoms with van der Waals surface area (Å²) >= 11 is 1.65. The van der Waals surface area contributed by atoms with E-state index >= 15 is 0 Å². The Morgan fingerprint density at radius 3 is 2.60 bits per heavy atom. The highest BCUT2D eigenvalue weighted by molar-refractivity contribution is 7.98. The number of thioether (sulfide) groups is 1. The lowest BCUT2D eigenvalue weighted by Gasteiger charge is -2.10. The molecule has 2 aromatic carbocycles. The molecule has 0 spiro atoms. The van der Waals surface area contributed by atoms with Crippen molar-refractivity contribution in [3.05, 3.63) is 78.3 Å². The van der Waals surface area contributed by atoms with Crippen LogP contribution in [0.4, 0.5) is 5.69 Å². The van der Waals surface area contributed by atoms with E-state index in [0.29, 0.717) is 23.5 Å². The molecule has 9 heteroatoms. The fourth-order valence-corrected chi connectivity index (χ4v) is 4.40. The predicted octanol–water partition coefficient (Wildman–Crippen LogP) is 3.75. The van der Waals surface area contributed by atoms with E-state index < -0.39 is 10.0 Å². The molecule has 0 atom stereocenters. The molecule has 3 aromatic rings. The molecule has 0 aliphatic heterocycles. The normalized spacial score (nSPS) is 11.1. The number of carbonyl (C=O) groups is 1. The first-order chi connectivity index (χ1) is 14.5. The van der Waals surface area contributed by atoms with E-state index in [4.69, 9.17) is 9.15 Å². The van der Waals surface area contributed by atoms with Crippen LogP contribution in [0.25, 0.3) is 0 Å². The minimum atomic E-state index is -3.78. The number of rotatable bonds is 10. The van der Waals surface area contributed by atoms with Crippen LogP contribution in [0.15, 0.2) is 76.2 Å². The molecule has 0 saturated carbocycles. The zero-order valence-electron chi connectivity index (χ0n) is 16.3. The molecule has 0 fully saturated rings. The SMILES string of the molecule is COc1ccc(S(=O)(=O)Nc2cccc(C(=O)NCCSCc3ccco3)c2)cc1. The summed E-state index contributed by atoms with van der Waals surface area (Å²) in [5.41, 5.74) is 0.687. The van der Waals surface area contributed by atoms with E-state index in [1.165, 1.54) is 25.3 Å². The molecule has 0 aliphatic rings. The van der Waals surface area contributed by atoms with Gasteiger partial charge in [0.15, 0.2) is 0 Å². The molecule has 1 amide bonds. The van der Waals surface area contributed by atoms with Crippen LogP contribution in [0.5, 0.6) is 5.75 Å². The van der Waals surface area contributed by atoms with E-state index in [2.05, 4.69) is 10.0 Å². The number of sulfonamides is 1. The fourth-order valence-electron chi connectivity index (χ4n) is 2.60. The first-order valence-electron chi connectivity index (χ1n) is 9.13. The van der Waals surface area contributed by atoms with Gasteiger partial charge in [-0.2, -0.15) is 11.8 Å². The van der Waals surface area contributed by atoms with Crippen molar-refractivity contribution in [1.82, 2.24) is 5.32 Å². The first-order valence-corrected chi connectivity index (χ1v) is 11.8. The van der Waals surface area contributed by atoms with Crippen LogP contribution in [0.3, 0.4) is 0 Å². The number of carbonyl (C=O) groups excluding carboxylic acids is 1. The molecule has 0 saturated heterocycles. The lowest BCUT2D eigenvalue weighted by Crippen LogP contribution is -2.26. The summed E-state index contributed by atoms with van der Waals surface area (Å²) in [5, 5.41) is 2.83. The third-order valence-electron chi connectivity index (χ3n) is 4.10. The molecule has 0 radical (unpaired) electrons. The second kappa shape index (κ2) is 10.2. The molecule has 2 N–H and O–H groups in total. The Bertz CT molecular complexity index is 1070. The summed E-state index contributed by atoms with van der Waals surface area (Å²) in [6.45, 7) is 0.492. The number of amides is 1. The Morgan fingerprint density at radius 2 is 1.90 bits per heavy atom. The average Bonchev–Trinajstić information content (AvgIpc) is 3.27. The molecule has 1 aromatic heterocycles. The summed E-state index contributed by atoms with van der Waals surface area (Å²) in [4.78, 5) is 12.5. The second-order valence-electron chi connectivity index (χ2n) is 6.25. The summed E-state index contributed by atoms with van der Waals surface area (Å²) in [6.07, 6.45) is 1.63. The Kier molecular flexibility index (Phi) is 7.42. The van der Waals surface area contributed by atoms with Gasteiger partial charge in [-0.05, 0) is 54.6 Å². The van der Waals surface area contributed by atoms with Gasteiger partial charge < -0.3 is 14.5 Å². The van der Waals surface area contributed by atoms with Crippen LogP contribution >= 0.6 is 11.8 Å². The minimum Gasteiger partial charge on any atom is -0.497 e. The molecule has 1 heterocycles. The lowest BCUT2D eigenvalue weighted by atomic mass is 10.2. The summed E-state index contributed by atoms with van der Waals surface area (Å²) in [6, 6.07) is 16.2. The van der Waals surface area contributed by atoms with Gasteiger partial charge in [-0.15, -0.1) is 0 Å². The smallest absolute Gasteiger partial charge is 0.261 e. The van der Waals surface area contributed by atoms with E-state index in [1.807, 2.05) is 12.1 Å². The highest BCUT2D eigenvalue weighted by Crippen LogP contribution is 2.20. The van der Waals surface area contributed by atoms with Crippen LogP contribution < -0.4 is 14.8 Å². The maximum Gasteiger partial charge on any atom is 0.261 e. The number of anilines is 1. The van der Waals surface area contributed by atoms with E-state index in [9.17, 15) is 13.2 Å². The standard InChI is InChI=1S/C21H22N2O5S2/c1-27-18-7-9-20(10-8-18)30(25,26)23-17-5-2-4-16(14-17)21(24)22-11-13-29-15-19-6-3-12-28-19/h2-10,12,14,23H,11,13,15H2,1H3,(H,22,24). The monoisotopic (exact) mass is 446 g/mol. The Hall–Kier alpha value is -2.91. The summed E-state index contributed by atoms with van der Waals surface area (Å²) in [7, 11) is -2.27. The van der Waals surface area contributed by atoms with Crippen LogP contribution in [0, 0.1) is 0 Å². The largest absolute Gasteiger partial charge is 0.497 e. The maximum absolute atomic E-state index is 12.6. The number of hydrogen-bond donors (Lipinski definition) is 2. The van der Waals surface area contributed by atoms with Gasteiger partial charge in [-0.3, -0.25) is 9.52 Å². The molecular formula is C21H22N2O5S2. The van der Waals surface area contributed by atoms with Gasteiger partial charge in [0.1, 0.15) is 11.5 Å². The Morgan fingerprint density at radius 1 is 1.10 bits per heavy atom. The Balaban J connectivity index is 1.54. The third kappa shape index (κ3) is 6.04. The fraction of sp³-hybridized carbons (Fsp3) is 0.190. The van der Waals surface area contributed by atoms with Crippen LogP contribution in [-0.2, 0) is 15.8 Å². The summed E-state index contributed by atoms with van der Waals surface area (Å²) < 4.78 is 37.9. The van der Waals surface area contributed by atoms with Crippen molar-refractivity contribution >= 4 is 33.4 Å². The molecule has 158 valence electrons. The number of methoxy groups -OCH3 is 1. The van der Waals surface area contributed by atoms with Crippen molar-refractivity contribution in [3.63, 3.8) is 0 Å². The van der Waals surface area contributed by atoms with Crippen LogP contribution in [0.1, 0.15) is 16.1 Å². The van der Waals surface area contributed by atoms with Gasteiger partial charge in [-0.1, -0.05) is 6.07 Å². The highest BCUT2D eigenvalue weighted by atomic mass is 32.2. The van der Waals surface area contributed by atoms with Gasteiger partial charge >= 0.3 is 0 Å². The zero-order valence-corrected chi connectivity index (χ0v) is 18.0. The van der Waals surface area contributed by atoms with Crippen molar-refractivity contribution in [1.29, 1.82) is 0 Å². The number of benzene rings is 2. The molecule has 0 bridgehead atoms. The zero-order chi connectivity index (χ0) is 21.4. The lowest BCUT2D eigenvalue weighted by molar-refractivity contribution is 0.0956. The van der Waals surface area contributed by atoms with Crippen molar-refractivity contribution in [3.8, 4) is 5.75 Å². The van der Waals surface area contributed by atoms with Crippen molar-refractivity contribution in [2.45, 2.75) is 10.6 Å². The van der Waals surface area contributed by atoms with Crippen molar-refractivity contribution in [2.24, 2.45) is 0 Å². The number of hydrogen-bond acceptors (Lipinski definition) is 6. The van der Waals surface area contributed by atoms with E-state index in [-0.39, 0.29) is 10.8 Å². The van der Waals surface area contributed by atoms with E-state index in [1.54, 1.807) is 48.4 Å². The van der Waals surface area contributed by atoms with Crippen molar-refractivity contribution < 1.29 is 22.4 Å². The van der Waals surface area contributed by atoms with Gasteiger partial charge in [0.2, 0.25) is 0 Å². The van der Waals surface area contributed by atoms with Crippen LogP contribution in [0.2, 0.25) is 0 Å². The average molecular weight is 447 g/mol. The Labute approximate surface area is 179 Å². The number of nitrogens with one attached hydrogen (secondary N) is 2. The summed E-state index contributed by atoms with van der Waals surface area (Å²) in [5.74, 6) is 2.67. The quantitative estimate of drug-likeness (QED) is 0.460. The first kappa shape index (κ1) is 21.8. The highest BCUT2D eigenvalue weighted by Gasteiger charge is 2.15.